The van der Waals surface area contributed by atoms with Gasteiger partial charge in [0.2, 0.25) is 0 Å². The Balaban J connectivity index is 1.84. The summed E-state index contributed by atoms with van der Waals surface area (Å²) in [7, 11) is 2.13. The zero-order valence-electron chi connectivity index (χ0n) is 11.5. The number of fused-ring (bicyclic) bond motifs is 2. The quantitative estimate of drug-likeness (QED) is 0.784. The van der Waals surface area contributed by atoms with Crippen molar-refractivity contribution in [2.24, 2.45) is 0 Å². The third-order valence-electron chi connectivity index (χ3n) is 4.61. The van der Waals surface area contributed by atoms with E-state index < -0.39 is 5.82 Å². The van der Waals surface area contributed by atoms with Crippen LogP contribution >= 0.6 is 15.9 Å². The van der Waals surface area contributed by atoms with Gasteiger partial charge < -0.3 is 4.90 Å². The third kappa shape index (κ3) is 2.37. The van der Waals surface area contributed by atoms with Crippen LogP contribution in [0.25, 0.3) is 0 Å². The lowest BCUT2D eigenvalue weighted by Crippen LogP contribution is -2.40. The van der Waals surface area contributed by atoms with Gasteiger partial charge in [-0.05, 0) is 54.4 Å². The second kappa shape index (κ2) is 5.45. The summed E-state index contributed by atoms with van der Waals surface area (Å²) >= 11 is 3.29. The van der Waals surface area contributed by atoms with Crippen molar-refractivity contribution in [3.05, 3.63) is 34.1 Å². The van der Waals surface area contributed by atoms with Crippen molar-refractivity contribution < 1.29 is 9.18 Å². The summed E-state index contributed by atoms with van der Waals surface area (Å²) in [4.78, 5) is 16.8. The Hall–Kier alpha value is -0.940. The van der Waals surface area contributed by atoms with E-state index in [2.05, 4.69) is 27.9 Å². The van der Waals surface area contributed by atoms with Gasteiger partial charge in [-0.2, -0.15) is 0 Å². The molecule has 108 valence electrons. The van der Waals surface area contributed by atoms with E-state index in [0.717, 1.165) is 12.8 Å². The number of hydrogen-bond acceptors (Lipinski definition) is 2. The molecule has 3 rings (SSSR count). The Bertz CT molecular complexity index is 516. The van der Waals surface area contributed by atoms with Crippen LogP contribution in [0.15, 0.2) is 22.7 Å². The van der Waals surface area contributed by atoms with Gasteiger partial charge >= 0.3 is 0 Å². The Morgan fingerprint density at radius 3 is 2.80 bits per heavy atom. The first-order valence-corrected chi connectivity index (χ1v) is 7.82. The molecule has 1 amide bonds. The van der Waals surface area contributed by atoms with Crippen LogP contribution in [0, 0.1) is 5.82 Å². The lowest BCUT2D eigenvalue weighted by molar-refractivity contribution is 0.0734. The number of nitrogens with zero attached hydrogens (tertiary/aromatic N) is 2. The van der Waals surface area contributed by atoms with Gasteiger partial charge in [-0.15, -0.1) is 0 Å². The van der Waals surface area contributed by atoms with Crippen molar-refractivity contribution >= 4 is 21.8 Å². The van der Waals surface area contributed by atoms with Gasteiger partial charge in [0, 0.05) is 29.6 Å². The van der Waals surface area contributed by atoms with Crippen molar-refractivity contribution in [2.45, 2.75) is 31.3 Å². The Morgan fingerprint density at radius 1 is 1.30 bits per heavy atom. The maximum absolute atomic E-state index is 13.9. The average molecular weight is 341 g/mol. The Kier molecular flexibility index (Phi) is 3.82. The summed E-state index contributed by atoms with van der Waals surface area (Å²) in [5, 5.41) is 0. The minimum absolute atomic E-state index is 0.160. The van der Waals surface area contributed by atoms with Crippen LogP contribution in [-0.4, -0.2) is 47.9 Å². The number of carbonyl (C=O) groups excluding carboxylic acids is 1. The van der Waals surface area contributed by atoms with Crippen LogP contribution in [-0.2, 0) is 0 Å². The number of likely N-dealkylation sites (N-methyl/N-ethyl adjacent to an activating group) is 1. The number of halogens is 2. The maximum atomic E-state index is 13.9. The zero-order chi connectivity index (χ0) is 14.3. The van der Waals surface area contributed by atoms with Crippen molar-refractivity contribution in [3.8, 4) is 0 Å². The van der Waals surface area contributed by atoms with E-state index in [1.165, 1.54) is 12.5 Å². The molecule has 2 heterocycles. The third-order valence-corrected chi connectivity index (χ3v) is 5.27. The molecule has 2 bridgehead atoms. The van der Waals surface area contributed by atoms with E-state index in [4.69, 9.17) is 0 Å². The van der Waals surface area contributed by atoms with E-state index in [1.807, 2.05) is 4.90 Å². The van der Waals surface area contributed by atoms with Gasteiger partial charge in [-0.3, -0.25) is 9.69 Å². The number of carbonyl (C=O) groups is 1. The molecule has 20 heavy (non-hydrogen) atoms. The molecule has 2 aliphatic heterocycles. The van der Waals surface area contributed by atoms with Crippen LogP contribution in [0.1, 0.15) is 29.6 Å². The number of amides is 1. The first kappa shape index (κ1) is 14.0. The van der Waals surface area contributed by atoms with E-state index >= 15 is 0 Å². The molecule has 1 aromatic carbocycles. The first-order chi connectivity index (χ1) is 9.58. The summed E-state index contributed by atoms with van der Waals surface area (Å²) in [5.74, 6) is -0.650. The molecule has 2 saturated heterocycles. The standard InChI is InChI=1S/C15H18BrFN2O/c1-18-10-5-6-11(18)9-19(8-7-10)15(20)14-12(16)3-2-4-13(14)17/h2-4,10-11H,5-9H2,1H3. The topological polar surface area (TPSA) is 23.6 Å². The van der Waals surface area contributed by atoms with E-state index in [9.17, 15) is 9.18 Å². The normalized spacial score (nSPS) is 26.6. The molecule has 2 aliphatic rings. The molecule has 0 radical (unpaired) electrons. The largest absolute Gasteiger partial charge is 0.337 e. The highest BCUT2D eigenvalue weighted by Crippen LogP contribution is 2.30. The summed E-state index contributed by atoms with van der Waals surface area (Å²) in [6.45, 7) is 1.41. The van der Waals surface area contributed by atoms with Crippen LogP contribution < -0.4 is 0 Å². The molecule has 1 aromatic rings. The van der Waals surface area contributed by atoms with Gasteiger partial charge in [0.1, 0.15) is 5.82 Å². The maximum Gasteiger partial charge on any atom is 0.258 e. The average Bonchev–Trinajstić information content (AvgIpc) is 2.62. The SMILES string of the molecule is CN1C2CCC1CN(C(=O)c1c(F)cccc1Br)CC2. The molecule has 3 nitrogen and oxygen atoms in total. The van der Waals surface area contributed by atoms with Gasteiger partial charge in [-0.25, -0.2) is 4.39 Å². The van der Waals surface area contributed by atoms with E-state index in [1.54, 1.807) is 12.1 Å². The van der Waals surface area contributed by atoms with Crippen molar-refractivity contribution in [1.82, 2.24) is 9.80 Å². The lowest BCUT2D eigenvalue weighted by Gasteiger charge is -2.26. The van der Waals surface area contributed by atoms with Crippen molar-refractivity contribution in [1.29, 1.82) is 0 Å². The van der Waals surface area contributed by atoms with Crippen LogP contribution in [0.5, 0.6) is 0 Å². The predicted octanol–water partition coefficient (Wildman–Crippen LogP) is 2.90. The number of benzene rings is 1. The molecule has 0 spiro atoms. The van der Waals surface area contributed by atoms with Crippen LogP contribution in [0.4, 0.5) is 4.39 Å². The zero-order valence-corrected chi connectivity index (χ0v) is 13.1. The van der Waals surface area contributed by atoms with Crippen LogP contribution in [0.2, 0.25) is 0 Å². The fraction of sp³-hybridized carbons (Fsp3) is 0.533. The number of rotatable bonds is 1. The van der Waals surface area contributed by atoms with Gasteiger partial charge in [0.05, 0.1) is 5.56 Å². The minimum atomic E-state index is -0.452. The second-order valence-electron chi connectivity index (χ2n) is 5.69. The monoisotopic (exact) mass is 340 g/mol. The molecule has 0 saturated carbocycles. The summed E-state index contributed by atoms with van der Waals surface area (Å²) in [6.07, 6.45) is 3.32. The smallest absolute Gasteiger partial charge is 0.258 e. The van der Waals surface area contributed by atoms with Gasteiger partial charge in [-0.1, -0.05) is 6.07 Å². The fourth-order valence-corrected chi connectivity index (χ4v) is 3.87. The molecule has 5 heteroatoms. The highest BCUT2D eigenvalue weighted by molar-refractivity contribution is 9.10. The Labute approximate surface area is 126 Å². The second-order valence-corrected chi connectivity index (χ2v) is 6.54. The molecule has 0 aromatic heterocycles. The lowest BCUT2D eigenvalue weighted by atomic mass is 10.1. The minimum Gasteiger partial charge on any atom is -0.337 e. The molecule has 0 N–H and O–H groups in total. The summed E-state index contributed by atoms with van der Waals surface area (Å²) in [6, 6.07) is 5.65. The Morgan fingerprint density at radius 2 is 2.05 bits per heavy atom. The molecule has 0 aliphatic carbocycles. The molecule has 2 unspecified atom stereocenters. The van der Waals surface area contributed by atoms with Gasteiger partial charge in [0.25, 0.3) is 5.91 Å². The highest BCUT2D eigenvalue weighted by atomic mass is 79.9. The molecular weight excluding hydrogens is 323 g/mol. The predicted molar refractivity (Wildman–Crippen MR) is 79.2 cm³/mol. The first-order valence-electron chi connectivity index (χ1n) is 7.03. The van der Waals surface area contributed by atoms with E-state index in [0.29, 0.717) is 29.6 Å². The van der Waals surface area contributed by atoms with Crippen LogP contribution in [0.3, 0.4) is 0 Å². The summed E-state index contributed by atoms with van der Waals surface area (Å²) in [5.41, 5.74) is 0.160. The number of likely N-dealkylation sites (tertiary alicyclic amines) is 1. The number of hydrogen-bond donors (Lipinski definition) is 0. The highest BCUT2D eigenvalue weighted by Gasteiger charge is 2.36. The molecule has 2 atom stereocenters. The summed E-state index contributed by atoms with van der Waals surface area (Å²) < 4.78 is 14.5. The molecular formula is C15H18BrFN2O. The fourth-order valence-electron chi connectivity index (χ4n) is 3.35. The van der Waals surface area contributed by atoms with Crippen molar-refractivity contribution in [2.75, 3.05) is 20.1 Å². The van der Waals surface area contributed by atoms with Gasteiger partial charge in [0.15, 0.2) is 0 Å². The van der Waals surface area contributed by atoms with Crippen molar-refractivity contribution in [3.63, 3.8) is 0 Å². The van der Waals surface area contributed by atoms with E-state index in [-0.39, 0.29) is 11.5 Å². The molecule has 2 fully saturated rings.